The second-order valence-electron chi connectivity index (χ2n) is 8.30. The van der Waals surface area contributed by atoms with Gasteiger partial charge in [-0.25, -0.2) is 4.68 Å². The maximum Gasteiger partial charge on any atom is 0.199 e. The average Bonchev–Trinajstić information content (AvgIpc) is 3.14. The summed E-state index contributed by atoms with van der Waals surface area (Å²) in [5, 5.41) is 4.88. The molecule has 1 aromatic heterocycles. The molecule has 2 heterocycles. The van der Waals surface area contributed by atoms with Gasteiger partial charge in [-0.15, -0.1) is 0 Å². The second kappa shape index (κ2) is 10.4. The molecule has 0 N–H and O–H groups in total. The third-order valence-electron chi connectivity index (χ3n) is 6.43. The zero-order chi connectivity index (χ0) is 23.4. The number of ether oxygens (including phenoxy) is 1. The summed E-state index contributed by atoms with van der Waals surface area (Å²) in [5.41, 5.74) is 3.47. The van der Waals surface area contributed by atoms with Crippen molar-refractivity contribution in [2.45, 2.75) is 20.5 Å². The quantitative estimate of drug-likeness (QED) is 0.462. The van der Waals surface area contributed by atoms with Crippen LogP contribution in [0.3, 0.4) is 0 Å². The third kappa shape index (κ3) is 4.91. The number of hydrogen-bond acceptors (Lipinski definition) is 6. The Morgan fingerprint density at radius 2 is 1.64 bits per heavy atom. The third-order valence-corrected chi connectivity index (χ3v) is 6.91. The Morgan fingerprint density at radius 3 is 2.27 bits per heavy atom. The van der Waals surface area contributed by atoms with Gasteiger partial charge in [-0.2, -0.15) is 5.10 Å². The fraction of sp³-hybridized carbons (Fsp3) is 0.440. The van der Waals surface area contributed by atoms with E-state index in [0.717, 1.165) is 66.9 Å². The number of benzene rings is 2. The van der Waals surface area contributed by atoms with Gasteiger partial charge in [0, 0.05) is 57.6 Å². The summed E-state index contributed by atoms with van der Waals surface area (Å²) in [4.78, 5) is 7.13. The molecule has 176 valence electrons. The summed E-state index contributed by atoms with van der Waals surface area (Å²) in [6, 6.07) is 16.8. The molecule has 8 heteroatoms. The Bertz CT molecular complexity index is 1110. The summed E-state index contributed by atoms with van der Waals surface area (Å²) < 4.78 is 10.2. The van der Waals surface area contributed by atoms with Crippen LogP contribution in [0.4, 0.5) is 11.4 Å². The average molecular weight is 467 g/mol. The molecule has 0 spiro atoms. The number of piperazine rings is 1. The highest BCUT2D eigenvalue weighted by molar-refractivity contribution is 7.71. The van der Waals surface area contributed by atoms with Crippen molar-refractivity contribution in [2.75, 3.05) is 56.2 Å². The van der Waals surface area contributed by atoms with E-state index in [1.165, 1.54) is 5.69 Å². The highest BCUT2D eigenvalue weighted by Crippen LogP contribution is 2.28. The fourth-order valence-electron chi connectivity index (χ4n) is 4.45. The molecule has 4 rings (SSSR count). The van der Waals surface area contributed by atoms with Crippen LogP contribution in [0.25, 0.3) is 11.4 Å². The number of nitrogens with zero attached hydrogens (tertiary/aromatic N) is 6. The number of anilines is 2. The molecule has 3 aromatic rings. The monoisotopic (exact) mass is 466 g/mol. The lowest BCUT2D eigenvalue weighted by Gasteiger charge is -2.36. The summed E-state index contributed by atoms with van der Waals surface area (Å²) >= 11 is 5.72. The van der Waals surface area contributed by atoms with Crippen molar-refractivity contribution in [1.82, 2.24) is 19.2 Å². The molecule has 0 amide bonds. The maximum atomic E-state index is 5.72. The van der Waals surface area contributed by atoms with E-state index in [1.54, 1.807) is 7.11 Å². The van der Waals surface area contributed by atoms with Crippen LogP contribution >= 0.6 is 12.2 Å². The summed E-state index contributed by atoms with van der Waals surface area (Å²) in [7, 11) is 3.73. The molecule has 0 unspecified atom stereocenters. The standard InChI is InChI=1S/C25H34N6OS/c1-5-29(6-2)21-13-11-20(12-14-21)24-26-31(25(33)27(24)3)19-28-15-17-30(18-16-28)22-9-7-8-10-23(22)32-4/h7-14H,5-6,15-19H2,1-4H3. The van der Waals surface area contributed by atoms with E-state index in [2.05, 4.69) is 64.9 Å². The van der Waals surface area contributed by atoms with Crippen molar-refractivity contribution in [3.63, 3.8) is 0 Å². The molecular formula is C25H34N6OS. The Morgan fingerprint density at radius 1 is 0.970 bits per heavy atom. The van der Waals surface area contributed by atoms with Crippen LogP contribution in [-0.4, -0.2) is 65.6 Å². The van der Waals surface area contributed by atoms with Gasteiger partial charge in [-0.3, -0.25) is 4.90 Å². The van der Waals surface area contributed by atoms with Crippen LogP contribution in [0, 0.1) is 4.77 Å². The Balaban J connectivity index is 1.44. The lowest BCUT2D eigenvalue weighted by molar-refractivity contribution is 0.194. The Labute approximate surface area is 201 Å². The minimum absolute atomic E-state index is 0.698. The Kier molecular flexibility index (Phi) is 7.35. The topological polar surface area (TPSA) is 41.7 Å². The summed E-state index contributed by atoms with van der Waals surface area (Å²) in [5.74, 6) is 1.83. The van der Waals surface area contributed by atoms with Crippen molar-refractivity contribution < 1.29 is 4.74 Å². The lowest BCUT2D eigenvalue weighted by atomic mass is 10.2. The van der Waals surface area contributed by atoms with Crippen LogP contribution in [0.5, 0.6) is 5.75 Å². The predicted octanol–water partition coefficient (Wildman–Crippen LogP) is 4.25. The van der Waals surface area contributed by atoms with Crippen LogP contribution < -0.4 is 14.5 Å². The molecule has 1 aliphatic rings. The fourth-order valence-corrected chi connectivity index (χ4v) is 4.64. The number of methoxy groups -OCH3 is 1. The lowest BCUT2D eigenvalue weighted by Crippen LogP contribution is -2.47. The molecule has 2 aromatic carbocycles. The first kappa shape index (κ1) is 23.3. The van der Waals surface area contributed by atoms with Gasteiger partial charge in [0.2, 0.25) is 0 Å². The highest BCUT2D eigenvalue weighted by atomic mass is 32.1. The summed E-state index contributed by atoms with van der Waals surface area (Å²) in [6.45, 7) is 10.8. The van der Waals surface area contributed by atoms with Crippen LogP contribution in [0.2, 0.25) is 0 Å². The van der Waals surface area contributed by atoms with Crippen molar-refractivity contribution in [1.29, 1.82) is 0 Å². The second-order valence-corrected chi connectivity index (χ2v) is 8.67. The van der Waals surface area contributed by atoms with Gasteiger partial charge in [0.15, 0.2) is 10.6 Å². The number of hydrogen-bond donors (Lipinski definition) is 0. The van der Waals surface area contributed by atoms with Gasteiger partial charge in [-0.05, 0) is 62.5 Å². The molecule has 1 saturated heterocycles. The maximum absolute atomic E-state index is 5.72. The molecule has 7 nitrogen and oxygen atoms in total. The molecule has 0 saturated carbocycles. The van der Waals surface area contributed by atoms with Crippen molar-refractivity contribution in [3.8, 4) is 17.1 Å². The van der Waals surface area contributed by atoms with Gasteiger partial charge in [-0.1, -0.05) is 12.1 Å². The van der Waals surface area contributed by atoms with Crippen molar-refractivity contribution in [2.24, 2.45) is 7.05 Å². The van der Waals surface area contributed by atoms with Gasteiger partial charge in [0.05, 0.1) is 19.5 Å². The van der Waals surface area contributed by atoms with E-state index in [4.69, 9.17) is 22.1 Å². The minimum atomic E-state index is 0.698. The molecule has 0 atom stereocenters. The first-order valence-electron chi connectivity index (χ1n) is 11.6. The smallest absolute Gasteiger partial charge is 0.199 e. The van der Waals surface area contributed by atoms with Crippen LogP contribution in [0.1, 0.15) is 13.8 Å². The van der Waals surface area contributed by atoms with Gasteiger partial charge in [0.25, 0.3) is 0 Å². The molecule has 0 radical (unpaired) electrons. The van der Waals surface area contributed by atoms with E-state index in [0.29, 0.717) is 6.67 Å². The largest absolute Gasteiger partial charge is 0.495 e. The first-order chi connectivity index (χ1) is 16.0. The van der Waals surface area contributed by atoms with Crippen LogP contribution in [-0.2, 0) is 13.7 Å². The van der Waals surface area contributed by atoms with Crippen molar-refractivity contribution >= 4 is 23.6 Å². The predicted molar refractivity (Wildman–Crippen MR) is 138 cm³/mol. The SMILES string of the molecule is CCN(CC)c1ccc(-c2nn(CN3CCN(c4ccccc4OC)CC3)c(=S)n2C)cc1. The molecule has 1 fully saturated rings. The minimum Gasteiger partial charge on any atom is -0.495 e. The van der Waals surface area contributed by atoms with Gasteiger partial charge >= 0.3 is 0 Å². The van der Waals surface area contributed by atoms with Crippen molar-refractivity contribution in [3.05, 3.63) is 53.3 Å². The summed E-state index contributed by atoms with van der Waals surface area (Å²) in [6.07, 6.45) is 0. The van der Waals surface area contributed by atoms with Crippen LogP contribution in [0.15, 0.2) is 48.5 Å². The van der Waals surface area contributed by atoms with E-state index in [-0.39, 0.29) is 0 Å². The molecular weight excluding hydrogens is 432 g/mol. The molecule has 0 aliphatic carbocycles. The molecule has 0 bridgehead atoms. The first-order valence-corrected chi connectivity index (χ1v) is 12.1. The Hall–Kier alpha value is -2.84. The zero-order valence-corrected chi connectivity index (χ0v) is 20.9. The van der Waals surface area contributed by atoms with Gasteiger partial charge in [0.1, 0.15) is 5.75 Å². The number of aromatic nitrogens is 3. The highest BCUT2D eigenvalue weighted by Gasteiger charge is 2.21. The van der Waals surface area contributed by atoms with E-state index < -0.39 is 0 Å². The van der Waals surface area contributed by atoms with E-state index >= 15 is 0 Å². The number of para-hydroxylation sites is 2. The van der Waals surface area contributed by atoms with E-state index in [9.17, 15) is 0 Å². The molecule has 33 heavy (non-hydrogen) atoms. The zero-order valence-electron chi connectivity index (χ0n) is 20.1. The van der Waals surface area contributed by atoms with E-state index in [1.807, 2.05) is 28.4 Å². The molecule has 1 aliphatic heterocycles. The normalized spacial score (nSPS) is 14.5. The number of rotatable bonds is 8. The van der Waals surface area contributed by atoms with Gasteiger partial charge < -0.3 is 19.1 Å².